The first-order chi connectivity index (χ1) is 7.51. The lowest BCUT2D eigenvalue weighted by molar-refractivity contribution is 0.0582. The molecule has 0 saturated carbocycles. The molecule has 0 aromatic heterocycles. The first-order valence-electron chi connectivity index (χ1n) is 6.48. The molecule has 0 bridgehead atoms. The van der Waals surface area contributed by atoms with Gasteiger partial charge >= 0.3 is 0 Å². The lowest BCUT2D eigenvalue weighted by atomic mass is 9.91. The van der Waals surface area contributed by atoms with Gasteiger partial charge in [-0.15, -0.1) is 0 Å². The SMILES string of the molecule is CCC(C)C1CN(CCSC)C(C)(C)CN1. The van der Waals surface area contributed by atoms with E-state index in [1.54, 1.807) is 0 Å². The van der Waals surface area contributed by atoms with Crippen molar-refractivity contribution in [2.24, 2.45) is 5.92 Å². The van der Waals surface area contributed by atoms with Crippen LogP contribution in [0.1, 0.15) is 34.1 Å². The maximum Gasteiger partial charge on any atom is 0.0278 e. The standard InChI is InChI=1S/C13H28N2S/c1-6-11(2)12-9-15(7-8-16-5)13(3,4)10-14-12/h11-12,14H,6-10H2,1-5H3. The van der Waals surface area contributed by atoms with E-state index in [2.05, 4.69) is 44.2 Å². The molecular formula is C13H28N2S. The normalized spacial score (nSPS) is 27.9. The Labute approximate surface area is 106 Å². The molecule has 0 aromatic carbocycles. The van der Waals surface area contributed by atoms with Gasteiger partial charge in [0.05, 0.1) is 0 Å². The van der Waals surface area contributed by atoms with Crippen molar-refractivity contribution < 1.29 is 0 Å². The van der Waals surface area contributed by atoms with E-state index in [1.807, 2.05) is 11.8 Å². The zero-order chi connectivity index (χ0) is 12.2. The minimum absolute atomic E-state index is 0.319. The molecule has 2 nitrogen and oxygen atoms in total. The summed E-state index contributed by atoms with van der Waals surface area (Å²) >= 11 is 1.95. The summed E-state index contributed by atoms with van der Waals surface area (Å²) in [6.07, 6.45) is 3.47. The van der Waals surface area contributed by atoms with E-state index in [0.717, 1.165) is 12.5 Å². The first-order valence-corrected chi connectivity index (χ1v) is 7.88. The number of rotatable bonds is 5. The molecule has 0 aliphatic carbocycles. The van der Waals surface area contributed by atoms with Crippen LogP contribution in [0.4, 0.5) is 0 Å². The van der Waals surface area contributed by atoms with Crippen molar-refractivity contribution in [3.8, 4) is 0 Å². The van der Waals surface area contributed by atoms with Gasteiger partial charge in [0, 0.05) is 37.0 Å². The molecule has 0 spiro atoms. The summed E-state index contributed by atoms with van der Waals surface area (Å²) < 4.78 is 0. The minimum atomic E-state index is 0.319. The molecule has 1 saturated heterocycles. The van der Waals surface area contributed by atoms with Crippen molar-refractivity contribution in [3.05, 3.63) is 0 Å². The van der Waals surface area contributed by atoms with E-state index in [-0.39, 0.29) is 0 Å². The van der Waals surface area contributed by atoms with Gasteiger partial charge in [0.2, 0.25) is 0 Å². The first kappa shape index (κ1) is 14.3. The second-order valence-electron chi connectivity index (χ2n) is 5.62. The zero-order valence-corrected chi connectivity index (χ0v) is 12.4. The molecule has 1 N–H and O–H groups in total. The van der Waals surface area contributed by atoms with Gasteiger partial charge in [-0.3, -0.25) is 4.90 Å². The van der Waals surface area contributed by atoms with E-state index >= 15 is 0 Å². The largest absolute Gasteiger partial charge is 0.311 e. The molecule has 96 valence electrons. The van der Waals surface area contributed by atoms with Gasteiger partial charge in [-0.25, -0.2) is 0 Å². The lowest BCUT2D eigenvalue weighted by Crippen LogP contribution is -2.63. The smallest absolute Gasteiger partial charge is 0.0278 e. The minimum Gasteiger partial charge on any atom is -0.311 e. The van der Waals surface area contributed by atoms with Crippen LogP contribution in [0.15, 0.2) is 0 Å². The van der Waals surface area contributed by atoms with Gasteiger partial charge < -0.3 is 5.32 Å². The maximum absolute atomic E-state index is 3.72. The molecule has 2 atom stereocenters. The van der Waals surface area contributed by atoms with Gasteiger partial charge in [-0.1, -0.05) is 20.3 Å². The molecule has 0 amide bonds. The molecule has 1 aliphatic rings. The highest BCUT2D eigenvalue weighted by Gasteiger charge is 2.34. The van der Waals surface area contributed by atoms with E-state index in [4.69, 9.17) is 0 Å². The summed E-state index contributed by atoms with van der Waals surface area (Å²) in [5.74, 6) is 2.03. The monoisotopic (exact) mass is 244 g/mol. The highest BCUT2D eigenvalue weighted by Crippen LogP contribution is 2.22. The van der Waals surface area contributed by atoms with Crippen LogP contribution in [0, 0.1) is 5.92 Å². The number of nitrogens with one attached hydrogen (secondary N) is 1. The number of piperazine rings is 1. The fourth-order valence-electron chi connectivity index (χ4n) is 2.30. The van der Waals surface area contributed by atoms with Crippen LogP contribution in [0.5, 0.6) is 0 Å². The molecular weight excluding hydrogens is 216 g/mol. The van der Waals surface area contributed by atoms with Crippen LogP contribution in [0.2, 0.25) is 0 Å². The molecule has 2 unspecified atom stereocenters. The van der Waals surface area contributed by atoms with E-state index in [9.17, 15) is 0 Å². The van der Waals surface area contributed by atoms with Crippen molar-refractivity contribution in [2.75, 3.05) is 31.6 Å². The topological polar surface area (TPSA) is 15.3 Å². The number of hydrogen-bond donors (Lipinski definition) is 1. The highest BCUT2D eigenvalue weighted by atomic mass is 32.2. The highest BCUT2D eigenvalue weighted by molar-refractivity contribution is 7.98. The van der Waals surface area contributed by atoms with Crippen LogP contribution in [-0.4, -0.2) is 48.1 Å². The molecule has 16 heavy (non-hydrogen) atoms. The summed E-state index contributed by atoms with van der Waals surface area (Å²) in [6, 6.07) is 0.680. The van der Waals surface area contributed by atoms with Crippen molar-refractivity contribution in [3.63, 3.8) is 0 Å². The predicted molar refractivity (Wildman–Crippen MR) is 75.3 cm³/mol. The Bertz CT molecular complexity index is 206. The average Bonchev–Trinajstić information content (AvgIpc) is 2.26. The fourth-order valence-corrected chi connectivity index (χ4v) is 2.71. The zero-order valence-electron chi connectivity index (χ0n) is 11.5. The summed E-state index contributed by atoms with van der Waals surface area (Å²) in [7, 11) is 0. The summed E-state index contributed by atoms with van der Waals surface area (Å²) in [5.41, 5.74) is 0.319. The predicted octanol–water partition coefficient (Wildman–Crippen LogP) is 2.45. The Morgan fingerprint density at radius 3 is 2.75 bits per heavy atom. The van der Waals surface area contributed by atoms with Crippen LogP contribution < -0.4 is 5.32 Å². The molecule has 1 aliphatic heterocycles. The fraction of sp³-hybridized carbons (Fsp3) is 1.00. The van der Waals surface area contributed by atoms with Gasteiger partial charge in [-0.2, -0.15) is 11.8 Å². The van der Waals surface area contributed by atoms with Crippen LogP contribution in [0.25, 0.3) is 0 Å². The van der Waals surface area contributed by atoms with Crippen LogP contribution in [-0.2, 0) is 0 Å². The van der Waals surface area contributed by atoms with E-state index in [1.165, 1.54) is 25.3 Å². The third kappa shape index (κ3) is 3.64. The Morgan fingerprint density at radius 2 is 2.19 bits per heavy atom. The van der Waals surface area contributed by atoms with Gasteiger partial charge in [0.1, 0.15) is 0 Å². The van der Waals surface area contributed by atoms with Crippen molar-refractivity contribution in [1.82, 2.24) is 10.2 Å². The summed E-state index contributed by atoms with van der Waals surface area (Å²) in [6.45, 7) is 12.9. The van der Waals surface area contributed by atoms with E-state index in [0.29, 0.717) is 11.6 Å². The molecule has 1 heterocycles. The second kappa shape index (κ2) is 6.27. The number of nitrogens with zero attached hydrogens (tertiary/aromatic N) is 1. The third-order valence-electron chi connectivity index (χ3n) is 3.97. The number of thioether (sulfide) groups is 1. The molecule has 3 heteroatoms. The van der Waals surface area contributed by atoms with Crippen molar-refractivity contribution >= 4 is 11.8 Å². The molecule has 1 rings (SSSR count). The Kier molecular flexibility index (Phi) is 5.62. The average molecular weight is 244 g/mol. The third-order valence-corrected chi connectivity index (χ3v) is 4.56. The van der Waals surface area contributed by atoms with Crippen LogP contribution >= 0.6 is 11.8 Å². The quantitative estimate of drug-likeness (QED) is 0.800. The van der Waals surface area contributed by atoms with Gasteiger partial charge in [-0.05, 0) is 26.0 Å². The lowest BCUT2D eigenvalue weighted by Gasteiger charge is -2.47. The Balaban J connectivity index is 2.55. The van der Waals surface area contributed by atoms with Gasteiger partial charge in [0.15, 0.2) is 0 Å². The molecule has 1 fully saturated rings. The van der Waals surface area contributed by atoms with Gasteiger partial charge in [0.25, 0.3) is 0 Å². The Hall–Kier alpha value is 0.270. The van der Waals surface area contributed by atoms with E-state index < -0.39 is 0 Å². The van der Waals surface area contributed by atoms with Crippen LogP contribution in [0.3, 0.4) is 0 Å². The maximum atomic E-state index is 3.72. The summed E-state index contributed by atoms with van der Waals surface area (Å²) in [5, 5.41) is 3.72. The van der Waals surface area contributed by atoms with Crippen molar-refractivity contribution in [2.45, 2.75) is 45.7 Å². The molecule has 0 radical (unpaired) electrons. The number of hydrogen-bond acceptors (Lipinski definition) is 3. The van der Waals surface area contributed by atoms with Crippen molar-refractivity contribution in [1.29, 1.82) is 0 Å². The Morgan fingerprint density at radius 1 is 1.50 bits per heavy atom. The summed E-state index contributed by atoms with van der Waals surface area (Å²) in [4.78, 5) is 2.66. The molecule has 0 aromatic rings. The second-order valence-corrected chi connectivity index (χ2v) is 6.61.